The summed E-state index contributed by atoms with van der Waals surface area (Å²) in [6.45, 7) is 2.48. The molecular formula is C23H20N4O2. The van der Waals surface area contributed by atoms with Gasteiger partial charge in [0.2, 0.25) is 0 Å². The molecule has 0 unspecified atom stereocenters. The summed E-state index contributed by atoms with van der Waals surface area (Å²) in [6.07, 6.45) is 1.56. The van der Waals surface area contributed by atoms with Gasteiger partial charge in [0.05, 0.1) is 18.5 Å². The molecule has 0 aliphatic rings. The second kappa shape index (κ2) is 8.39. The molecule has 6 nitrogen and oxygen atoms in total. The summed E-state index contributed by atoms with van der Waals surface area (Å²) in [5, 5.41) is 13.3. The Balaban J connectivity index is 1.51. The topological polar surface area (TPSA) is 79.4 Å². The normalized spacial score (nSPS) is 11.1. The molecule has 1 heterocycles. The van der Waals surface area contributed by atoms with Crippen LogP contribution < -0.4 is 10.2 Å². The van der Waals surface area contributed by atoms with Gasteiger partial charge in [-0.25, -0.2) is 5.43 Å². The highest BCUT2D eigenvalue weighted by Crippen LogP contribution is 2.27. The minimum absolute atomic E-state index is 0.336. The molecule has 4 rings (SSSR count). The summed E-state index contributed by atoms with van der Waals surface area (Å²) in [5.74, 6) is 0.349. The second-order valence-corrected chi connectivity index (χ2v) is 6.36. The molecule has 1 aromatic heterocycles. The zero-order valence-electron chi connectivity index (χ0n) is 15.9. The van der Waals surface area contributed by atoms with Gasteiger partial charge in [0.1, 0.15) is 11.4 Å². The van der Waals surface area contributed by atoms with Crippen molar-refractivity contribution in [1.82, 2.24) is 15.6 Å². The number of carbonyl (C=O) groups excluding carboxylic acids is 1. The Morgan fingerprint density at radius 1 is 1.10 bits per heavy atom. The number of para-hydroxylation sites is 1. The number of nitrogens with one attached hydrogen (secondary N) is 2. The molecule has 2 N–H and O–H groups in total. The molecule has 4 aromatic rings. The standard InChI is InChI=1S/C23H20N4O2/c1-2-29-22-13-6-4-9-17(22)15-24-27-23(28)21-14-20(25-26-21)19-12-7-10-16-8-3-5-11-18(16)19/h3-15H,2H2,1H3,(H,25,26)(H,27,28)/b24-15+. The highest BCUT2D eigenvalue weighted by molar-refractivity contribution is 5.98. The van der Waals surface area contributed by atoms with Crippen LogP contribution in [0.2, 0.25) is 0 Å². The monoisotopic (exact) mass is 384 g/mol. The summed E-state index contributed by atoms with van der Waals surface area (Å²) in [4.78, 5) is 12.4. The third-order valence-corrected chi connectivity index (χ3v) is 4.48. The van der Waals surface area contributed by atoms with Gasteiger partial charge >= 0.3 is 0 Å². The number of ether oxygens (including phenoxy) is 1. The Bertz CT molecular complexity index is 1170. The van der Waals surface area contributed by atoms with E-state index in [1.807, 2.05) is 73.7 Å². The largest absolute Gasteiger partial charge is 0.493 e. The number of hydrogen-bond donors (Lipinski definition) is 2. The third-order valence-electron chi connectivity index (χ3n) is 4.48. The Morgan fingerprint density at radius 2 is 1.90 bits per heavy atom. The van der Waals surface area contributed by atoms with Gasteiger partial charge in [0, 0.05) is 11.1 Å². The average molecular weight is 384 g/mol. The predicted molar refractivity (Wildman–Crippen MR) is 114 cm³/mol. The minimum Gasteiger partial charge on any atom is -0.493 e. The van der Waals surface area contributed by atoms with Gasteiger partial charge in [-0.15, -0.1) is 0 Å². The van der Waals surface area contributed by atoms with E-state index in [1.54, 1.807) is 12.3 Å². The number of benzene rings is 3. The highest BCUT2D eigenvalue weighted by atomic mass is 16.5. The first-order valence-electron chi connectivity index (χ1n) is 9.35. The SMILES string of the molecule is CCOc1ccccc1/C=N/NC(=O)c1cc(-c2cccc3ccccc23)n[nH]1. The molecule has 29 heavy (non-hydrogen) atoms. The number of amides is 1. The molecule has 0 saturated carbocycles. The van der Waals surface area contributed by atoms with Crippen molar-refractivity contribution < 1.29 is 9.53 Å². The van der Waals surface area contributed by atoms with Crippen molar-refractivity contribution in [3.63, 3.8) is 0 Å². The lowest BCUT2D eigenvalue weighted by atomic mass is 10.0. The molecule has 3 aromatic carbocycles. The van der Waals surface area contributed by atoms with Crippen molar-refractivity contribution in [2.75, 3.05) is 6.61 Å². The van der Waals surface area contributed by atoms with Crippen LogP contribution >= 0.6 is 0 Å². The van der Waals surface area contributed by atoms with Crippen LogP contribution in [-0.4, -0.2) is 28.9 Å². The number of H-pyrrole nitrogens is 1. The molecule has 0 saturated heterocycles. The Morgan fingerprint density at radius 3 is 2.79 bits per heavy atom. The number of aromatic amines is 1. The lowest BCUT2D eigenvalue weighted by molar-refractivity contribution is 0.0950. The van der Waals surface area contributed by atoms with Crippen molar-refractivity contribution >= 4 is 22.9 Å². The molecular weight excluding hydrogens is 364 g/mol. The summed E-state index contributed by atoms with van der Waals surface area (Å²) in [7, 11) is 0. The zero-order chi connectivity index (χ0) is 20.1. The zero-order valence-corrected chi connectivity index (χ0v) is 15.9. The van der Waals surface area contributed by atoms with E-state index in [9.17, 15) is 4.79 Å². The molecule has 0 bridgehead atoms. The van der Waals surface area contributed by atoms with E-state index in [-0.39, 0.29) is 5.91 Å². The highest BCUT2D eigenvalue weighted by Gasteiger charge is 2.12. The Kier molecular flexibility index (Phi) is 5.33. The van der Waals surface area contributed by atoms with Crippen molar-refractivity contribution in [3.8, 4) is 17.0 Å². The molecule has 144 valence electrons. The molecule has 0 atom stereocenters. The summed E-state index contributed by atoms with van der Waals surface area (Å²) < 4.78 is 5.55. The fraction of sp³-hybridized carbons (Fsp3) is 0.0870. The molecule has 0 fully saturated rings. The first-order chi connectivity index (χ1) is 14.3. The number of aromatic nitrogens is 2. The van der Waals surface area contributed by atoms with Crippen molar-refractivity contribution in [2.45, 2.75) is 6.92 Å². The van der Waals surface area contributed by atoms with E-state index >= 15 is 0 Å². The van der Waals surface area contributed by atoms with Crippen LogP contribution in [0.15, 0.2) is 77.9 Å². The summed E-state index contributed by atoms with van der Waals surface area (Å²) in [6, 6.07) is 23.3. The molecule has 0 radical (unpaired) electrons. The van der Waals surface area contributed by atoms with E-state index in [2.05, 4.69) is 20.7 Å². The van der Waals surface area contributed by atoms with E-state index in [1.165, 1.54) is 0 Å². The second-order valence-electron chi connectivity index (χ2n) is 6.36. The maximum Gasteiger partial charge on any atom is 0.289 e. The minimum atomic E-state index is -0.367. The predicted octanol–water partition coefficient (Wildman–Crippen LogP) is 4.39. The number of hydrogen-bond acceptors (Lipinski definition) is 4. The fourth-order valence-electron chi connectivity index (χ4n) is 3.12. The van der Waals surface area contributed by atoms with Gasteiger partial charge in [-0.05, 0) is 35.9 Å². The van der Waals surface area contributed by atoms with Crippen LogP contribution in [0.3, 0.4) is 0 Å². The van der Waals surface area contributed by atoms with E-state index in [0.717, 1.165) is 21.9 Å². The summed E-state index contributed by atoms with van der Waals surface area (Å²) >= 11 is 0. The number of carbonyl (C=O) groups is 1. The summed E-state index contributed by atoms with van der Waals surface area (Å²) in [5.41, 5.74) is 5.32. The van der Waals surface area contributed by atoms with Gasteiger partial charge in [0.15, 0.2) is 0 Å². The average Bonchev–Trinajstić information content (AvgIpc) is 3.25. The first kappa shape index (κ1) is 18.4. The van der Waals surface area contributed by atoms with E-state index < -0.39 is 0 Å². The lowest BCUT2D eigenvalue weighted by Gasteiger charge is -2.05. The van der Waals surface area contributed by atoms with Crippen LogP contribution in [0.1, 0.15) is 23.0 Å². The van der Waals surface area contributed by atoms with Gasteiger partial charge in [-0.2, -0.15) is 10.2 Å². The van der Waals surface area contributed by atoms with Crippen molar-refractivity contribution in [3.05, 3.63) is 84.1 Å². The van der Waals surface area contributed by atoms with Crippen molar-refractivity contribution in [1.29, 1.82) is 0 Å². The fourth-order valence-corrected chi connectivity index (χ4v) is 3.12. The molecule has 1 amide bonds. The third kappa shape index (κ3) is 4.01. The van der Waals surface area contributed by atoms with E-state index in [0.29, 0.717) is 23.7 Å². The number of rotatable bonds is 6. The van der Waals surface area contributed by atoms with Crippen LogP contribution in [0.4, 0.5) is 0 Å². The molecule has 0 aliphatic heterocycles. The Hall–Kier alpha value is -3.93. The van der Waals surface area contributed by atoms with Crippen LogP contribution in [0.5, 0.6) is 5.75 Å². The van der Waals surface area contributed by atoms with E-state index in [4.69, 9.17) is 4.74 Å². The quantitative estimate of drug-likeness (QED) is 0.382. The van der Waals surface area contributed by atoms with Gasteiger partial charge in [-0.3, -0.25) is 9.89 Å². The number of nitrogens with zero attached hydrogens (tertiary/aromatic N) is 2. The Labute approximate surface area is 168 Å². The van der Waals surface area contributed by atoms with Crippen LogP contribution in [0, 0.1) is 0 Å². The molecule has 6 heteroatoms. The first-order valence-corrected chi connectivity index (χ1v) is 9.35. The number of hydrazone groups is 1. The van der Waals surface area contributed by atoms with Gasteiger partial charge in [-0.1, -0.05) is 54.6 Å². The smallest absolute Gasteiger partial charge is 0.289 e. The van der Waals surface area contributed by atoms with Crippen LogP contribution in [0.25, 0.3) is 22.0 Å². The lowest BCUT2D eigenvalue weighted by Crippen LogP contribution is -2.18. The maximum absolute atomic E-state index is 12.4. The molecule has 0 aliphatic carbocycles. The maximum atomic E-state index is 12.4. The van der Waals surface area contributed by atoms with Crippen molar-refractivity contribution in [2.24, 2.45) is 5.10 Å². The van der Waals surface area contributed by atoms with Crippen LogP contribution in [-0.2, 0) is 0 Å². The van der Waals surface area contributed by atoms with Gasteiger partial charge < -0.3 is 4.74 Å². The molecule has 0 spiro atoms. The van der Waals surface area contributed by atoms with Gasteiger partial charge in [0.25, 0.3) is 5.91 Å². The number of fused-ring (bicyclic) bond motifs is 1.